The minimum atomic E-state index is -0.926. The summed E-state index contributed by atoms with van der Waals surface area (Å²) < 4.78 is 13.2. The van der Waals surface area contributed by atoms with Crippen molar-refractivity contribution in [2.75, 3.05) is 78.4 Å². The molecule has 3 saturated heterocycles. The Bertz CT molecular complexity index is 1470. The van der Waals surface area contributed by atoms with Crippen LogP contribution >= 0.6 is 31.9 Å². The van der Waals surface area contributed by atoms with Crippen molar-refractivity contribution < 1.29 is 23.9 Å². The lowest BCUT2D eigenvalue weighted by molar-refractivity contribution is -0.143. The highest BCUT2D eigenvalue weighted by Crippen LogP contribution is 2.29. The van der Waals surface area contributed by atoms with E-state index in [1.54, 1.807) is 12.0 Å². The van der Waals surface area contributed by atoms with E-state index in [0.29, 0.717) is 58.0 Å². The number of methoxy groups -OCH3 is 1. The summed E-state index contributed by atoms with van der Waals surface area (Å²) in [6.45, 7) is 6.63. The first kappa shape index (κ1) is 35.0. The molecule has 3 fully saturated rings. The number of amides is 4. The molecule has 6 rings (SSSR count). The summed E-state index contributed by atoms with van der Waals surface area (Å²) in [4.78, 5) is 51.1. The third-order valence-corrected chi connectivity index (χ3v) is 12.2. The van der Waals surface area contributed by atoms with Gasteiger partial charge in [0.05, 0.1) is 7.11 Å². The molecule has 4 amide bonds. The number of benzene rings is 2. The van der Waals surface area contributed by atoms with E-state index in [9.17, 15) is 14.4 Å². The van der Waals surface area contributed by atoms with Gasteiger partial charge in [-0.1, -0.05) is 6.07 Å². The highest BCUT2D eigenvalue weighted by Gasteiger charge is 2.36. The van der Waals surface area contributed by atoms with E-state index in [-0.39, 0.29) is 18.0 Å². The largest absolute Gasteiger partial charge is 0.497 e. The first-order chi connectivity index (χ1) is 23.2. The number of urea groups is 1. The van der Waals surface area contributed by atoms with E-state index < -0.39 is 12.2 Å². The van der Waals surface area contributed by atoms with E-state index in [0.717, 1.165) is 77.0 Å². The predicted octanol–water partition coefficient (Wildman–Crippen LogP) is 5.06. The zero-order valence-electron chi connectivity index (χ0n) is 27.8. The number of fused-ring (bicyclic) bond motifs is 1. The van der Waals surface area contributed by atoms with Gasteiger partial charge in [-0.3, -0.25) is 9.69 Å². The number of likely N-dealkylation sites (tertiary alicyclic amines) is 2. The maximum Gasteiger partial charge on any atom is 0.410 e. The van der Waals surface area contributed by atoms with Crippen LogP contribution in [0.5, 0.6) is 5.75 Å². The Morgan fingerprint density at radius 3 is 2.25 bits per heavy atom. The normalized spacial score (nSPS) is 20.9. The smallest absolute Gasteiger partial charge is 0.410 e. The number of piperidine rings is 2. The fourth-order valence-corrected chi connectivity index (χ4v) is 8.06. The Morgan fingerprint density at radius 1 is 0.854 bits per heavy atom. The van der Waals surface area contributed by atoms with Gasteiger partial charge < -0.3 is 34.4 Å². The van der Waals surface area contributed by atoms with Gasteiger partial charge in [0.2, 0.25) is 0 Å². The van der Waals surface area contributed by atoms with Gasteiger partial charge in [0.25, 0.3) is 5.91 Å². The third-order valence-electron chi connectivity index (χ3n) is 10.4. The molecule has 1 N–H and O–H groups in total. The molecule has 4 heterocycles. The lowest BCUT2D eigenvalue weighted by Gasteiger charge is -2.42. The summed E-state index contributed by atoms with van der Waals surface area (Å²) in [6, 6.07) is 12.0. The Kier molecular flexibility index (Phi) is 11.5. The lowest BCUT2D eigenvalue weighted by atomic mass is 10.0. The van der Waals surface area contributed by atoms with Crippen LogP contribution in [0.4, 0.5) is 15.3 Å². The molecule has 0 saturated carbocycles. The molecule has 1 unspecified atom stereocenters. The van der Waals surface area contributed by atoms with Crippen LogP contribution in [0, 0.1) is 0 Å². The molecule has 13 heteroatoms. The highest BCUT2D eigenvalue weighted by molar-refractivity contribution is 9.13. The summed E-state index contributed by atoms with van der Waals surface area (Å²) >= 11 is 7.09. The topological polar surface area (TPSA) is 97.9 Å². The Balaban J connectivity index is 1.06. The molecule has 48 heavy (non-hydrogen) atoms. The molecular formula is C35H46Br2N6O5. The molecule has 0 aliphatic carbocycles. The molecule has 4 aliphatic rings. The van der Waals surface area contributed by atoms with Crippen molar-refractivity contribution in [3.8, 4) is 5.75 Å². The second-order valence-corrected chi connectivity index (χ2v) is 15.0. The number of anilines is 1. The number of carbonyl (C=O) groups is 3. The second-order valence-electron chi connectivity index (χ2n) is 13.3. The number of rotatable bonds is 7. The summed E-state index contributed by atoms with van der Waals surface area (Å²) in [6.07, 6.45) is 3.20. The summed E-state index contributed by atoms with van der Waals surface area (Å²) in [5.41, 5.74) is 2.76. The standard InChI is InChI=1S/C35H46Br2N6O5/c1-39-12-8-26(9-13-39)40-17-19-41(20-18-40)33(44)32(22-24-3-5-29(36)30(37)21-24)48-35(46)42-14-10-27(11-15-42)43-16-7-25-23-28(47-2)4-6-31(25)38-34(43)45/h3-6,21,23,26-27,32H,7-20,22H2,1-2H3,(H,38,45). The fourth-order valence-electron chi connectivity index (χ4n) is 7.39. The Labute approximate surface area is 300 Å². The minimum Gasteiger partial charge on any atom is -0.497 e. The van der Waals surface area contributed by atoms with E-state index >= 15 is 0 Å². The molecule has 0 radical (unpaired) electrons. The van der Waals surface area contributed by atoms with Crippen molar-refractivity contribution in [2.45, 2.75) is 56.7 Å². The molecule has 2 aromatic rings. The van der Waals surface area contributed by atoms with Crippen LogP contribution < -0.4 is 10.1 Å². The van der Waals surface area contributed by atoms with Crippen LogP contribution in [0.3, 0.4) is 0 Å². The van der Waals surface area contributed by atoms with Gasteiger partial charge in [-0.25, -0.2) is 9.59 Å². The fraction of sp³-hybridized carbons (Fsp3) is 0.571. The number of piperazine rings is 1. The van der Waals surface area contributed by atoms with Crippen LogP contribution in [-0.2, 0) is 22.4 Å². The SMILES string of the molecule is COc1ccc2c(c1)CCN(C1CCN(C(=O)OC(Cc3ccc(Br)c(Br)c3)C(=O)N3CCN(C4CCN(C)CC4)CC3)CC1)C(=O)N2. The number of nitrogens with zero attached hydrogens (tertiary/aromatic N) is 5. The molecule has 260 valence electrons. The van der Waals surface area contributed by atoms with Gasteiger partial charge in [0.15, 0.2) is 6.10 Å². The molecule has 0 spiro atoms. The number of ether oxygens (including phenoxy) is 2. The molecule has 0 aromatic heterocycles. The van der Waals surface area contributed by atoms with Crippen molar-refractivity contribution in [2.24, 2.45) is 0 Å². The van der Waals surface area contributed by atoms with Crippen LogP contribution in [0.1, 0.15) is 36.8 Å². The van der Waals surface area contributed by atoms with Crippen molar-refractivity contribution in [1.29, 1.82) is 0 Å². The summed E-state index contributed by atoms with van der Waals surface area (Å²) in [5.74, 6) is 0.625. The van der Waals surface area contributed by atoms with Gasteiger partial charge in [-0.15, -0.1) is 0 Å². The van der Waals surface area contributed by atoms with Crippen molar-refractivity contribution in [3.05, 3.63) is 56.5 Å². The maximum atomic E-state index is 14.0. The Hall–Kier alpha value is -2.87. The molecule has 1 atom stereocenters. The van der Waals surface area contributed by atoms with Crippen LogP contribution in [0.25, 0.3) is 0 Å². The average molecular weight is 791 g/mol. The molecule has 11 nitrogen and oxygen atoms in total. The monoisotopic (exact) mass is 788 g/mol. The van der Waals surface area contributed by atoms with Gasteiger partial charge >= 0.3 is 12.1 Å². The first-order valence-corrected chi connectivity index (χ1v) is 18.6. The van der Waals surface area contributed by atoms with Crippen molar-refractivity contribution >= 4 is 55.6 Å². The van der Waals surface area contributed by atoms with Crippen LogP contribution in [0.15, 0.2) is 45.3 Å². The summed E-state index contributed by atoms with van der Waals surface area (Å²) in [7, 11) is 3.81. The zero-order valence-corrected chi connectivity index (χ0v) is 31.0. The summed E-state index contributed by atoms with van der Waals surface area (Å²) in [5, 5.41) is 3.05. The second kappa shape index (κ2) is 15.8. The number of hydrogen-bond acceptors (Lipinski definition) is 7. The van der Waals surface area contributed by atoms with E-state index in [2.05, 4.69) is 54.0 Å². The highest BCUT2D eigenvalue weighted by atomic mass is 79.9. The predicted molar refractivity (Wildman–Crippen MR) is 192 cm³/mol. The number of nitrogens with one attached hydrogen (secondary N) is 1. The van der Waals surface area contributed by atoms with E-state index in [4.69, 9.17) is 9.47 Å². The average Bonchev–Trinajstić information content (AvgIpc) is 3.27. The molecule has 4 aliphatic heterocycles. The molecule has 0 bridgehead atoms. The number of carbonyl (C=O) groups excluding carboxylic acids is 3. The van der Waals surface area contributed by atoms with Crippen molar-refractivity contribution in [3.63, 3.8) is 0 Å². The van der Waals surface area contributed by atoms with Gasteiger partial charge in [-0.2, -0.15) is 0 Å². The number of halogens is 2. The first-order valence-electron chi connectivity index (χ1n) is 17.0. The molecule has 2 aromatic carbocycles. The van der Waals surface area contributed by atoms with Gasteiger partial charge in [0.1, 0.15) is 5.75 Å². The lowest BCUT2D eigenvalue weighted by Crippen LogP contribution is -2.56. The quantitative estimate of drug-likeness (QED) is 0.419. The third kappa shape index (κ3) is 8.28. The molecular weight excluding hydrogens is 744 g/mol. The van der Waals surface area contributed by atoms with Gasteiger partial charge in [-0.05, 0) is 126 Å². The van der Waals surface area contributed by atoms with Crippen molar-refractivity contribution in [1.82, 2.24) is 24.5 Å². The zero-order chi connectivity index (χ0) is 33.8. The number of hydrogen-bond donors (Lipinski definition) is 1. The van der Waals surface area contributed by atoms with Gasteiger partial charge in [0, 0.05) is 79.0 Å². The van der Waals surface area contributed by atoms with E-state index in [1.807, 2.05) is 46.2 Å². The minimum absolute atomic E-state index is 0.00339. The van der Waals surface area contributed by atoms with Crippen LogP contribution in [-0.4, -0.2) is 134 Å². The Morgan fingerprint density at radius 2 is 1.56 bits per heavy atom. The van der Waals surface area contributed by atoms with E-state index in [1.165, 1.54) is 0 Å². The van der Waals surface area contributed by atoms with Crippen LogP contribution in [0.2, 0.25) is 0 Å². The maximum absolute atomic E-state index is 14.0.